The predicted octanol–water partition coefficient (Wildman–Crippen LogP) is 3.66. The second-order valence-electron chi connectivity index (χ2n) is 5.34. The highest BCUT2D eigenvalue weighted by atomic mass is 19.1. The third-order valence-corrected chi connectivity index (χ3v) is 3.80. The molecule has 2 N–H and O–H groups in total. The van der Waals surface area contributed by atoms with Gasteiger partial charge in [-0.15, -0.1) is 0 Å². The van der Waals surface area contributed by atoms with Gasteiger partial charge in [0.25, 0.3) is 0 Å². The third-order valence-electron chi connectivity index (χ3n) is 3.80. The normalized spacial score (nSPS) is 18.1. The molecule has 1 aliphatic heterocycles. The quantitative estimate of drug-likeness (QED) is 0.921. The number of anilines is 1. The highest BCUT2D eigenvalue weighted by molar-refractivity contribution is 5.85. The summed E-state index contributed by atoms with van der Waals surface area (Å²) in [4.78, 5) is 4.33. The van der Waals surface area contributed by atoms with Gasteiger partial charge in [0.05, 0.1) is 24.6 Å². The van der Waals surface area contributed by atoms with Crippen LogP contribution in [0.1, 0.15) is 12.6 Å². The molecule has 22 heavy (non-hydrogen) atoms. The van der Waals surface area contributed by atoms with Crippen LogP contribution in [0.4, 0.5) is 14.5 Å². The fourth-order valence-electron chi connectivity index (χ4n) is 2.66. The maximum absolute atomic E-state index is 14.0. The van der Waals surface area contributed by atoms with Crippen molar-refractivity contribution in [2.45, 2.75) is 6.92 Å². The molecule has 0 bridgehead atoms. The molecule has 0 aliphatic carbocycles. The first kappa shape index (κ1) is 14.7. The molecule has 0 spiro atoms. The maximum atomic E-state index is 14.0. The van der Waals surface area contributed by atoms with Crippen LogP contribution in [0.15, 0.2) is 36.5 Å². The van der Waals surface area contributed by atoms with Gasteiger partial charge in [-0.3, -0.25) is 4.98 Å². The van der Waals surface area contributed by atoms with E-state index in [9.17, 15) is 8.78 Å². The Bertz CT molecular complexity index is 743. The average Bonchev–Trinajstić information content (AvgIpc) is 2.51. The van der Waals surface area contributed by atoms with Crippen LogP contribution in [-0.4, -0.2) is 18.2 Å². The molecule has 1 aliphatic rings. The predicted molar refractivity (Wildman–Crippen MR) is 82.0 cm³/mol. The Labute approximate surface area is 127 Å². The third kappa shape index (κ3) is 2.60. The number of rotatable bonds is 2. The summed E-state index contributed by atoms with van der Waals surface area (Å²) in [5.41, 5.74) is 8.72. The highest BCUT2D eigenvalue weighted by Gasteiger charge is 2.21. The van der Waals surface area contributed by atoms with Crippen LogP contribution >= 0.6 is 0 Å². The summed E-state index contributed by atoms with van der Waals surface area (Å²) in [6.07, 6.45) is 3.49. The molecule has 0 saturated heterocycles. The van der Waals surface area contributed by atoms with Crippen LogP contribution in [-0.2, 0) is 4.74 Å². The number of ether oxygens (including phenoxy) is 1. The monoisotopic (exact) mass is 302 g/mol. The fourth-order valence-corrected chi connectivity index (χ4v) is 2.66. The van der Waals surface area contributed by atoms with Gasteiger partial charge >= 0.3 is 0 Å². The minimum atomic E-state index is -0.515. The van der Waals surface area contributed by atoms with Gasteiger partial charge in [-0.1, -0.05) is 13.0 Å². The zero-order valence-corrected chi connectivity index (χ0v) is 12.1. The Morgan fingerprint density at radius 1 is 1.23 bits per heavy atom. The Balaban J connectivity index is 2.14. The van der Waals surface area contributed by atoms with Gasteiger partial charge in [-0.25, -0.2) is 8.78 Å². The number of nitrogen functional groups attached to an aromatic ring is 1. The van der Waals surface area contributed by atoms with Crippen LogP contribution < -0.4 is 5.73 Å². The SMILES string of the molecule is CC1COCC=C1c1nccc(-c2cc(F)ccc2F)c1N. The maximum Gasteiger partial charge on any atom is 0.131 e. The topological polar surface area (TPSA) is 48.1 Å². The number of benzene rings is 1. The highest BCUT2D eigenvalue weighted by Crippen LogP contribution is 2.35. The van der Waals surface area contributed by atoms with E-state index in [4.69, 9.17) is 10.5 Å². The molecular weight excluding hydrogens is 286 g/mol. The van der Waals surface area contributed by atoms with Crippen molar-refractivity contribution in [1.82, 2.24) is 4.98 Å². The molecule has 0 fully saturated rings. The number of aromatic nitrogens is 1. The summed E-state index contributed by atoms with van der Waals surface area (Å²) in [6.45, 7) is 3.10. The van der Waals surface area contributed by atoms with Crippen LogP contribution in [0.3, 0.4) is 0 Å². The van der Waals surface area contributed by atoms with Crippen molar-refractivity contribution in [3.8, 4) is 11.1 Å². The summed E-state index contributed by atoms with van der Waals surface area (Å²) in [7, 11) is 0. The summed E-state index contributed by atoms with van der Waals surface area (Å²) in [6, 6.07) is 4.93. The minimum absolute atomic E-state index is 0.140. The van der Waals surface area contributed by atoms with Crippen molar-refractivity contribution in [3.05, 3.63) is 53.9 Å². The molecule has 114 valence electrons. The molecule has 5 heteroatoms. The first-order valence-electron chi connectivity index (χ1n) is 7.06. The molecule has 3 rings (SSSR count). The van der Waals surface area contributed by atoms with Gasteiger partial charge in [0.2, 0.25) is 0 Å². The van der Waals surface area contributed by atoms with Crippen molar-refractivity contribution in [2.75, 3.05) is 18.9 Å². The Kier molecular flexibility index (Phi) is 3.90. The number of hydrogen-bond donors (Lipinski definition) is 1. The van der Waals surface area contributed by atoms with Crippen molar-refractivity contribution < 1.29 is 13.5 Å². The molecule has 1 aromatic carbocycles. The Morgan fingerprint density at radius 3 is 2.82 bits per heavy atom. The summed E-state index contributed by atoms with van der Waals surface area (Å²) >= 11 is 0. The average molecular weight is 302 g/mol. The van der Waals surface area contributed by atoms with Gasteiger partial charge in [-0.05, 0) is 29.8 Å². The Morgan fingerprint density at radius 2 is 2.05 bits per heavy atom. The van der Waals surface area contributed by atoms with Crippen LogP contribution in [0.25, 0.3) is 16.7 Å². The molecule has 1 aromatic heterocycles. The molecule has 2 heterocycles. The van der Waals surface area contributed by atoms with E-state index in [1.807, 2.05) is 13.0 Å². The lowest BCUT2D eigenvalue weighted by Crippen LogP contribution is -2.16. The number of nitrogens with zero attached hydrogens (tertiary/aromatic N) is 1. The summed E-state index contributed by atoms with van der Waals surface area (Å²) < 4.78 is 32.8. The standard InChI is InChI=1S/C17H16F2N2O/c1-10-9-22-7-5-12(10)17-16(20)13(4-6-21-17)14-8-11(18)2-3-15(14)19/h2-6,8,10H,7,9,20H2,1H3. The smallest absolute Gasteiger partial charge is 0.131 e. The van der Waals surface area contributed by atoms with E-state index < -0.39 is 11.6 Å². The number of pyridine rings is 1. The van der Waals surface area contributed by atoms with E-state index in [2.05, 4.69) is 4.98 Å². The van der Waals surface area contributed by atoms with Crippen molar-refractivity contribution >= 4 is 11.3 Å². The van der Waals surface area contributed by atoms with E-state index >= 15 is 0 Å². The number of hydrogen-bond acceptors (Lipinski definition) is 3. The van der Waals surface area contributed by atoms with Crippen molar-refractivity contribution in [3.63, 3.8) is 0 Å². The van der Waals surface area contributed by atoms with Crippen LogP contribution in [0, 0.1) is 17.6 Å². The zero-order chi connectivity index (χ0) is 15.7. The van der Waals surface area contributed by atoms with Crippen molar-refractivity contribution in [2.24, 2.45) is 5.92 Å². The van der Waals surface area contributed by atoms with Crippen LogP contribution in [0.2, 0.25) is 0 Å². The fraction of sp³-hybridized carbons (Fsp3) is 0.235. The lowest BCUT2D eigenvalue weighted by Gasteiger charge is -2.22. The first-order valence-corrected chi connectivity index (χ1v) is 7.06. The van der Waals surface area contributed by atoms with Crippen LogP contribution in [0.5, 0.6) is 0 Å². The summed E-state index contributed by atoms with van der Waals surface area (Å²) in [5.74, 6) is -0.872. The zero-order valence-electron chi connectivity index (χ0n) is 12.1. The summed E-state index contributed by atoms with van der Waals surface area (Å²) in [5, 5.41) is 0. The van der Waals surface area contributed by atoms with Gasteiger partial charge in [0.1, 0.15) is 11.6 Å². The van der Waals surface area contributed by atoms with Gasteiger partial charge in [0, 0.05) is 23.2 Å². The van der Waals surface area contributed by atoms with E-state index in [-0.39, 0.29) is 11.5 Å². The molecule has 0 saturated carbocycles. The largest absolute Gasteiger partial charge is 0.396 e. The second kappa shape index (κ2) is 5.85. The number of halogens is 2. The minimum Gasteiger partial charge on any atom is -0.396 e. The molecule has 2 aromatic rings. The van der Waals surface area contributed by atoms with E-state index in [1.165, 1.54) is 0 Å². The van der Waals surface area contributed by atoms with E-state index in [1.54, 1.807) is 12.3 Å². The molecular formula is C17H16F2N2O. The lowest BCUT2D eigenvalue weighted by atomic mass is 9.93. The first-order chi connectivity index (χ1) is 10.6. The lowest BCUT2D eigenvalue weighted by molar-refractivity contribution is 0.135. The molecule has 0 amide bonds. The molecule has 1 unspecified atom stereocenters. The molecule has 1 atom stereocenters. The van der Waals surface area contributed by atoms with E-state index in [0.717, 1.165) is 23.8 Å². The molecule has 0 radical (unpaired) electrons. The number of nitrogens with two attached hydrogens (primary N) is 1. The van der Waals surface area contributed by atoms with Crippen molar-refractivity contribution in [1.29, 1.82) is 0 Å². The van der Waals surface area contributed by atoms with Gasteiger partial charge in [0.15, 0.2) is 0 Å². The van der Waals surface area contributed by atoms with Gasteiger partial charge in [-0.2, -0.15) is 0 Å². The van der Waals surface area contributed by atoms with Gasteiger partial charge < -0.3 is 10.5 Å². The molecule has 3 nitrogen and oxygen atoms in total. The van der Waals surface area contributed by atoms with E-state index in [0.29, 0.717) is 30.2 Å². The second-order valence-corrected chi connectivity index (χ2v) is 5.34. The Hall–Kier alpha value is -2.27.